The van der Waals surface area contributed by atoms with Crippen LogP contribution in [-0.2, 0) is 80.8 Å². The van der Waals surface area contributed by atoms with E-state index in [9.17, 15) is 14.4 Å². The quantitative estimate of drug-likeness (QED) is 0.0545. The normalized spacial score (nSPS) is 49.8. The van der Waals surface area contributed by atoms with Crippen LogP contribution in [0.5, 0.6) is 0 Å². The van der Waals surface area contributed by atoms with E-state index in [2.05, 4.69) is 111 Å². The standard InChI is InChI=1S/C70H114O17/c1-21-48-36(7)40(11)56(75-45(16)71)61(78-48)83-55-44(15)52(25-5)82-65(60(55)85-63-58(77-47(18)73)42(13)38(9)50(23-3)80-63)87-70-32-28-54-67(19)29-26-30-68(20,53(67)27-31-69(54,34-70)33-35(70)6)66(74)86-64-59(43(14)39(10)51(24-4)81-64)84-62-57(76-46(17)72)41(12)37(8)49(22-2)79-62/h36-44,48-65H,6,21-34H2,1-5,7-20H3/t36?,37?,38?,39?,40?,41?,42?,43?,44?,48?,49?,50?,51?,52?,53-,54-,55?,56?,57?,58?,59?,60?,61?,62?,63?,64?,65?,67+,68+,69+,70-/m0/s1. The fourth-order valence-electron chi connectivity index (χ4n) is 19.2. The lowest BCUT2D eigenvalue weighted by atomic mass is 9.41. The van der Waals surface area contributed by atoms with Crippen LogP contribution < -0.4 is 0 Å². The molecule has 17 nitrogen and oxygen atoms in total. The molecule has 31 atom stereocenters. The van der Waals surface area contributed by atoms with Crippen molar-refractivity contribution in [2.75, 3.05) is 0 Å². The highest BCUT2D eigenvalue weighted by molar-refractivity contribution is 5.77. The van der Waals surface area contributed by atoms with Crippen LogP contribution in [0.2, 0.25) is 0 Å². The van der Waals surface area contributed by atoms with E-state index in [1.54, 1.807) is 0 Å². The van der Waals surface area contributed by atoms with Crippen molar-refractivity contribution in [2.24, 2.45) is 81.3 Å². The Morgan fingerprint density at radius 2 is 0.839 bits per heavy atom. The first-order valence-corrected chi connectivity index (χ1v) is 34.4. The van der Waals surface area contributed by atoms with Crippen molar-refractivity contribution < 1.29 is 80.8 Å². The van der Waals surface area contributed by atoms with Crippen molar-refractivity contribution in [1.29, 1.82) is 0 Å². The minimum atomic E-state index is -0.992. The SMILES string of the molecule is C=C1C[C@@]23CC[C@H]4[C@@](C)(CCC[C@@]4(C)C(=O)OC4OC(CC)C(C)C(C)C4OC4OC(CC)C(C)C(C)C4OC(C)=O)[C@@H]2CC[C@]1(OC1OC(CC)C(C)C(OC2OC(CC)C(C)C(C)C2OC(C)=O)C1OC1OC(CC)C(C)C(C)C1OC(C)=O)C3. The summed E-state index contributed by atoms with van der Waals surface area (Å²) in [5.74, 6) is -1.33. The van der Waals surface area contributed by atoms with Gasteiger partial charge in [0.25, 0.3) is 0 Å². The highest BCUT2D eigenvalue weighted by Crippen LogP contribution is 2.74. The molecule has 9 fully saturated rings. The number of carbonyl (C=O) groups is 4. The molecule has 17 heteroatoms. The Bertz CT molecular complexity index is 2420. The van der Waals surface area contributed by atoms with Gasteiger partial charge in [0.15, 0.2) is 43.5 Å². The second-order valence-corrected chi connectivity index (χ2v) is 29.8. The van der Waals surface area contributed by atoms with Gasteiger partial charge in [-0.2, -0.15) is 0 Å². The number of ether oxygens (including phenoxy) is 13. The second kappa shape index (κ2) is 27.1. The van der Waals surface area contributed by atoms with E-state index < -0.39 is 97.0 Å². The molecule has 2 bridgehead atoms. The van der Waals surface area contributed by atoms with Gasteiger partial charge in [0.2, 0.25) is 6.29 Å². The van der Waals surface area contributed by atoms with Gasteiger partial charge in [-0.25, -0.2) is 0 Å². The van der Waals surface area contributed by atoms with E-state index in [-0.39, 0.29) is 112 Å². The summed E-state index contributed by atoms with van der Waals surface area (Å²) in [6.45, 7) is 43.4. The third-order valence-electron chi connectivity index (χ3n) is 25.0. The molecule has 1 spiro atoms. The third-order valence-corrected chi connectivity index (χ3v) is 25.0. The van der Waals surface area contributed by atoms with Crippen LogP contribution in [0.15, 0.2) is 12.2 Å². The largest absolute Gasteiger partial charge is 0.457 e. The van der Waals surface area contributed by atoms with Crippen molar-refractivity contribution in [2.45, 2.75) is 326 Å². The van der Waals surface area contributed by atoms with Crippen LogP contribution in [0.1, 0.15) is 221 Å². The van der Waals surface area contributed by atoms with Crippen molar-refractivity contribution in [3.8, 4) is 0 Å². The number of esters is 4. The number of hydrogen-bond donors (Lipinski definition) is 0. The average Bonchev–Trinajstić information content (AvgIpc) is 1.64. The number of rotatable bonds is 18. The van der Waals surface area contributed by atoms with Crippen molar-refractivity contribution in [1.82, 2.24) is 0 Å². The van der Waals surface area contributed by atoms with E-state index in [0.29, 0.717) is 19.3 Å². The summed E-state index contributed by atoms with van der Waals surface area (Å²) in [6, 6.07) is 0. The molecule has 9 aliphatic rings. The molecule has 0 N–H and O–H groups in total. The zero-order chi connectivity index (χ0) is 63.6. The first-order chi connectivity index (χ1) is 41.0. The maximum Gasteiger partial charge on any atom is 0.314 e. The fraction of sp³-hybridized carbons (Fsp3) is 0.914. The predicted octanol–water partition coefficient (Wildman–Crippen LogP) is 13.0. The summed E-state index contributed by atoms with van der Waals surface area (Å²) in [5.41, 5.74) is -0.908. The summed E-state index contributed by atoms with van der Waals surface area (Å²) in [7, 11) is 0. The molecule has 0 aromatic heterocycles. The second-order valence-electron chi connectivity index (χ2n) is 29.8. The molecule has 4 aliphatic carbocycles. The van der Waals surface area contributed by atoms with Gasteiger partial charge in [-0.1, -0.05) is 117 Å². The summed E-state index contributed by atoms with van der Waals surface area (Å²) >= 11 is 0. The van der Waals surface area contributed by atoms with E-state index in [4.69, 9.17) is 68.2 Å². The maximum absolute atomic E-state index is 15.5. The lowest BCUT2D eigenvalue weighted by Gasteiger charge is -2.64. The van der Waals surface area contributed by atoms with Gasteiger partial charge >= 0.3 is 23.9 Å². The molecule has 5 heterocycles. The molecule has 87 heavy (non-hydrogen) atoms. The molecule has 5 saturated heterocycles. The Kier molecular flexibility index (Phi) is 21.4. The molecule has 0 radical (unpaired) electrons. The van der Waals surface area contributed by atoms with Gasteiger partial charge in [0.1, 0.15) is 12.2 Å². The monoisotopic (exact) mass is 1230 g/mol. The van der Waals surface area contributed by atoms with Crippen LogP contribution in [0, 0.1) is 81.3 Å². The van der Waals surface area contributed by atoms with E-state index in [1.165, 1.54) is 20.8 Å². The highest BCUT2D eigenvalue weighted by atomic mass is 16.8. The van der Waals surface area contributed by atoms with Gasteiger partial charge in [-0.05, 0) is 148 Å². The highest BCUT2D eigenvalue weighted by Gasteiger charge is 2.70. The molecule has 0 amide bonds. The number of fused-ring (bicyclic) bond motifs is 3. The lowest BCUT2D eigenvalue weighted by molar-refractivity contribution is -0.387. The first-order valence-electron chi connectivity index (χ1n) is 34.4. The van der Waals surface area contributed by atoms with Crippen molar-refractivity contribution in [3.05, 3.63) is 12.2 Å². The summed E-state index contributed by atoms with van der Waals surface area (Å²) in [6.07, 6.45) is 1.01. The zero-order valence-corrected chi connectivity index (χ0v) is 56.6. The molecular formula is C70H114O17. The van der Waals surface area contributed by atoms with Crippen molar-refractivity contribution >= 4 is 23.9 Å². The van der Waals surface area contributed by atoms with Crippen LogP contribution in [0.4, 0.5) is 0 Å². The molecule has 9 rings (SSSR count). The minimum absolute atomic E-state index is 0.0313. The summed E-state index contributed by atoms with van der Waals surface area (Å²) in [5, 5.41) is 0. The van der Waals surface area contributed by atoms with E-state index in [0.717, 1.165) is 76.2 Å². The van der Waals surface area contributed by atoms with E-state index in [1.807, 2.05) is 0 Å². The first kappa shape index (κ1) is 68.6. The predicted molar refractivity (Wildman–Crippen MR) is 325 cm³/mol. The summed E-state index contributed by atoms with van der Waals surface area (Å²) < 4.78 is 88.8. The third kappa shape index (κ3) is 12.8. The Labute approximate surface area is 521 Å². The van der Waals surface area contributed by atoms with Gasteiger partial charge in [0, 0.05) is 44.4 Å². The van der Waals surface area contributed by atoms with Gasteiger partial charge in [0.05, 0.1) is 47.6 Å². The topological polar surface area (TPSA) is 188 Å². The molecule has 4 saturated carbocycles. The van der Waals surface area contributed by atoms with Crippen LogP contribution >= 0.6 is 0 Å². The Balaban J connectivity index is 0.999. The number of hydrogen-bond acceptors (Lipinski definition) is 17. The Morgan fingerprint density at radius 3 is 1.29 bits per heavy atom. The van der Waals surface area contributed by atoms with Crippen molar-refractivity contribution in [3.63, 3.8) is 0 Å². The van der Waals surface area contributed by atoms with Crippen LogP contribution in [0.25, 0.3) is 0 Å². The molecule has 25 unspecified atom stereocenters. The molecule has 0 aromatic carbocycles. The van der Waals surface area contributed by atoms with Crippen LogP contribution in [0.3, 0.4) is 0 Å². The Morgan fingerprint density at radius 1 is 0.448 bits per heavy atom. The molecule has 5 aliphatic heterocycles. The summed E-state index contributed by atoms with van der Waals surface area (Å²) in [4.78, 5) is 53.9. The smallest absolute Gasteiger partial charge is 0.314 e. The minimum Gasteiger partial charge on any atom is -0.457 e. The molecule has 0 aromatic rings. The Hall–Kier alpha value is -2.74. The average molecular weight is 1230 g/mol. The maximum atomic E-state index is 15.5. The van der Waals surface area contributed by atoms with Gasteiger partial charge in [-0.15, -0.1) is 0 Å². The van der Waals surface area contributed by atoms with E-state index >= 15 is 4.79 Å². The number of carbonyl (C=O) groups excluding carboxylic acids is 4. The molecule has 496 valence electrons. The van der Waals surface area contributed by atoms with Gasteiger partial charge in [-0.3, -0.25) is 19.2 Å². The fourth-order valence-corrected chi connectivity index (χ4v) is 19.2. The van der Waals surface area contributed by atoms with Crippen LogP contribution in [-0.4, -0.2) is 128 Å². The molecular weight excluding hydrogens is 1110 g/mol. The van der Waals surface area contributed by atoms with Gasteiger partial charge < -0.3 is 61.6 Å². The lowest BCUT2D eigenvalue weighted by Crippen LogP contribution is -2.64. The zero-order valence-electron chi connectivity index (χ0n) is 56.6.